The number of benzene rings is 1. The topological polar surface area (TPSA) is 117 Å². The van der Waals surface area contributed by atoms with Crippen molar-refractivity contribution in [3.05, 3.63) is 55.9 Å². The van der Waals surface area contributed by atoms with Crippen molar-refractivity contribution in [3.63, 3.8) is 0 Å². The second-order valence-electron chi connectivity index (χ2n) is 8.77. The van der Waals surface area contributed by atoms with Gasteiger partial charge >= 0.3 is 5.69 Å². The largest absolute Gasteiger partial charge is 0.383 e. The number of nitrogen functional groups attached to an aromatic ring is 1. The van der Waals surface area contributed by atoms with Crippen molar-refractivity contribution in [2.24, 2.45) is 5.92 Å². The quantitative estimate of drug-likeness (QED) is 0.496. The van der Waals surface area contributed by atoms with E-state index < -0.39 is 11.2 Å². The fraction of sp³-hybridized carbons (Fsp3) is 0.458. The van der Waals surface area contributed by atoms with Crippen LogP contribution in [0.3, 0.4) is 0 Å². The molecule has 8 heteroatoms. The molecular weight excluding hydrogens is 406 g/mol. The van der Waals surface area contributed by atoms with E-state index in [-0.39, 0.29) is 17.4 Å². The number of unbranched alkanes of at least 4 members (excludes halogenated alkanes) is 1. The van der Waals surface area contributed by atoms with Gasteiger partial charge in [-0.1, -0.05) is 27.2 Å². The number of H-pyrrole nitrogens is 2. The number of aryl methyl sites for hydroxylation is 2. The molecule has 0 saturated carbocycles. The van der Waals surface area contributed by atoms with Gasteiger partial charge in [-0.05, 0) is 56.4 Å². The second kappa shape index (κ2) is 9.46. The van der Waals surface area contributed by atoms with Gasteiger partial charge in [0.25, 0.3) is 11.5 Å². The summed E-state index contributed by atoms with van der Waals surface area (Å²) in [6.45, 7) is 10.8. The third kappa shape index (κ3) is 4.49. The molecule has 2 aromatic heterocycles. The van der Waals surface area contributed by atoms with E-state index >= 15 is 0 Å². The zero-order valence-electron chi connectivity index (χ0n) is 19.5. The van der Waals surface area contributed by atoms with E-state index in [0.717, 1.165) is 35.0 Å². The lowest BCUT2D eigenvalue weighted by atomic mass is 10.1. The predicted molar refractivity (Wildman–Crippen MR) is 130 cm³/mol. The van der Waals surface area contributed by atoms with Crippen molar-refractivity contribution in [1.82, 2.24) is 14.5 Å². The molecule has 172 valence electrons. The van der Waals surface area contributed by atoms with Crippen LogP contribution < -0.4 is 21.9 Å². The molecule has 3 rings (SSSR count). The molecule has 32 heavy (non-hydrogen) atoms. The van der Waals surface area contributed by atoms with Gasteiger partial charge in [-0.15, -0.1) is 0 Å². The Labute approximate surface area is 187 Å². The van der Waals surface area contributed by atoms with Crippen LogP contribution in [0.25, 0.3) is 10.9 Å². The number of hydrogen-bond acceptors (Lipinski definition) is 4. The number of aromatic amines is 2. The average molecular weight is 440 g/mol. The number of rotatable bonds is 8. The van der Waals surface area contributed by atoms with Gasteiger partial charge in [0, 0.05) is 35.2 Å². The van der Waals surface area contributed by atoms with Crippen LogP contribution in [0.1, 0.15) is 61.6 Å². The van der Waals surface area contributed by atoms with Crippen LogP contribution in [-0.4, -0.2) is 27.0 Å². The minimum atomic E-state index is -0.646. The average Bonchev–Trinajstić information content (AvgIpc) is 3.02. The number of aromatic nitrogens is 3. The van der Waals surface area contributed by atoms with E-state index in [0.29, 0.717) is 31.0 Å². The fourth-order valence-corrected chi connectivity index (χ4v) is 3.83. The lowest BCUT2D eigenvalue weighted by Crippen LogP contribution is -2.42. The number of carbonyl (C=O) groups excluding carboxylic acids is 1. The van der Waals surface area contributed by atoms with Crippen LogP contribution in [0.2, 0.25) is 0 Å². The van der Waals surface area contributed by atoms with Crippen LogP contribution in [0, 0.1) is 19.8 Å². The molecule has 0 radical (unpaired) electrons. The third-order valence-electron chi connectivity index (χ3n) is 5.95. The highest BCUT2D eigenvalue weighted by molar-refractivity contribution is 6.09. The molecule has 0 unspecified atom stereocenters. The van der Waals surface area contributed by atoms with Gasteiger partial charge in [0.2, 0.25) is 0 Å². The molecule has 0 bridgehead atoms. The molecule has 4 N–H and O–H groups in total. The Kier molecular flexibility index (Phi) is 6.91. The summed E-state index contributed by atoms with van der Waals surface area (Å²) in [4.78, 5) is 45.9. The number of carbonyl (C=O) groups is 1. The molecule has 3 aromatic rings. The minimum Gasteiger partial charge on any atom is -0.383 e. The van der Waals surface area contributed by atoms with Gasteiger partial charge < -0.3 is 15.6 Å². The van der Waals surface area contributed by atoms with Crippen LogP contribution in [0.5, 0.6) is 0 Å². The molecule has 1 aromatic carbocycles. The molecule has 0 spiro atoms. The maximum Gasteiger partial charge on any atom is 0.330 e. The first-order valence-electron chi connectivity index (χ1n) is 11.2. The highest BCUT2D eigenvalue weighted by Crippen LogP contribution is 2.25. The number of hydrogen-bond donors (Lipinski definition) is 3. The molecule has 8 nitrogen and oxygen atoms in total. The Morgan fingerprint density at radius 2 is 1.91 bits per heavy atom. The lowest BCUT2D eigenvalue weighted by Gasteiger charge is -2.25. The summed E-state index contributed by atoms with van der Waals surface area (Å²) >= 11 is 0. The Morgan fingerprint density at radius 1 is 1.19 bits per heavy atom. The summed E-state index contributed by atoms with van der Waals surface area (Å²) in [7, 11) is 0. The zero-order valence-corrected chi connectivity index (χ0v) is 19.5. The van der Waals surface area contributed by atoms with E-state index in [1.54, 1.807) is 6.07 Å². The Balaban J connectivity index is 2.13. The zero-order chi connectivity index (χ0) is 23.6. The normalized spacial score (nSPS) is 11.4. The molecular formula is C24H33N5O3. The standard InChI is InChI=1S/C24H33N5O3/c1-6-7-11-29-21(25)20(22(30)27-24(29)32)28(12-10-14(2)3)23(31)17-8-9-19-18(13-17)15(4)16(5)26-19/h8-9,13-14,26H,6-7,10-12,25H2,1-5H3,(H,27,30,32). The number of nitrogens with two attached hydrogens (primary N) is 1. The SMILES string of the molecule is CCCCn1c(N)c(N(CCC(C)C)C(=O)c2ccc3[nH]c(C)c(C)c3c2)c(=O)[nH]c1=O. The molecule has 0 aliphatic rings. The van der Waals surface area contributed by atoms with Crippen LogP contribution in [0.15, 0.2) is 27.8 Å². The number of anilines is 2. The number of fused-ring (bicyclic) bond motifs is 1. The summed E-state index contributed by atoms with van der Waals surface area (Å²) in [5.41, 5.74) is 8.69. The number of nitrogens with zero attached hydrogens (tertiary/aromatic N) is 2. The summed E-state index contributed by atoms with van der Waals surface area (Å²) < 4.78 is 1.35. The van der Waals surface area contributed by atoms with Crippen LogP contribution >= 0.6 is 0 Å². The summed E-state index contributed by atoms with van der Waals surface area (Å²) in [5.74, 6) is 0.0244. The van der Waals surface area contributed by atoms with Crippen molar-refractivity contribution < 1.29 is 4.79 Å². The lowest BCUT2D eigenvalue weighted by molar-refractivity contribution is 0.0985. The maximum atomic E-state index is 13.7. The van der Waals surface area contributed by atoms with Crippen LogP contribution in [-0.2, 0) is 6.54 Å². The van der Waals surface area contributed by atoms with E-state index in [1.807, 2.05) is 32.9 Å². The van der Waals surface area contributed by atoms with E-state index in [9.17, 15) is 14.4 Å². The monoisotopic (exact) mass is 439 g/mol. The smallest absolute Gasteiger partial charge is 0.330 e. The molecule has 0 fully saturated rings. The van der Waals surface area contributed by atoms with Gasteiger partial charge in [0.15, 0.2) is 5.69 Å². The van der Waals surface area contributed by atoms with Crippen LogP contribution in [0.4, 0.5) is 11.5 Å². The first-order chi connectivity index (χ1) is 15.1. The van der Waals surface area contributed by atoms with Crippen molar-refractivity contribution >= 4 is 28.3 Å². The molecule has 0 atom stereocenters. The van der Waals surface area contributed by atoms with Gasteiger partial charge in [0.1, 0.15) is 5.82 Å². The maximum absolute atomic E-state index is 13.7. The van der Waals surface area contributed by atoms with Gasteiger partial charge in [0.05, 0.1) is 0 Å². The van der Waals surface area contributed by atoms with Crippen molar-refractivity contribution in [2.75, 3.05) is 17.2 Å². The van der Waals surface area contributed by atoms with E-state index in [4.69, 9.17) is 5.73 Å². The Bertz CT molecular complexity index is 1250. The molecule has 1 amide bonds. The first-order valence-corrected chi connectivity index (χ1v) is 11.2. The summed E-state index contributed by atoms with van der Waals surface area (Å²) in [6.07, 6.45) is 2.29. The predicted octanol–water partition coefficient (Wildman–Crippen LogP) is 3.71. The van der Waals surface area contributed by atoms with Gasteiger partial charge in [-0.3, -0.25) is 19.1 Å². The number of amides is 1. The third-order valence-corrected chi connectivity index (χ3v) is 5.95. The number of nitrogens with one attached hydrogen (secondary N) is 2. The van der Waals surface area contributed by atoms with Crippen molar-refractivity contribution in [1.29, 1.82) is 0 Å². The molecule has 2 heterocycles. The second-order valence-corrected chi connectivity index (χ2v) is 8.77. The highest BCUT2D eigenvalue weighted by Gasteiger charge is 2.26. The Morgan fingerprint density at radius 3 is 2.56 bits per heavy atom. The van der Waals surface area contributed by atoms with E-state index in [2.05, 4.69) is 23.8 Å². The fourth-order valence-electron chi connectivity index (χ4n) is 3.83. The molecule has 0 aliphatic heterocycles. The molecule has 0 aliphatic carbocycles. The summed E-state index contributed by atoms with van der Waals surface area (Å²) in [6, 6.07) is 5.47. The summed E-state index contributed by atoms with van der Waals surface area (Å²) in [5, 5.41) is 0.965. The highest BCUT2D eigenvalue weighted by atomic mass is 16.2. The Hall–Kier alpha value is -3.29. The van der Waals surface area contributed by atoms with Gasteiger partial charge in [-0.25, -0.2) is 4.79 Å². The first kappa shape index (κ1) is 23.4. The minimum absolute atomic E-state index is 0.0269. The van der Waals surface area contributed by atoms with E-state index in [1.165, 1.54) is 9.47 Å². The van der Waals surface area contributed by atoms with Gasteiger partial charge in [-0.2, -0.15) is 0 Å². The van der Waals surface area contributed by atoms with Crippen molar-refractivity contribution in [3.8, 4) is 0 Å². The van der Waals surface area contributed by atoms with Crippen molar-refractivity contribution in [2.45, 2.75) is 60.4 Å². The molecule has 0 saturated heterocycles.